The molecule has 0 aromatic heterocycles. The molecule has 1 unspecified atom stereocenters. The zero-order valence-electron chi connectivity index (χ0n) is 21.4. The predicted octanol–water partition coefficient (Wildman–Crippen LogP) is 6.44. The summed E-state index contributed by atoms with van der Waals surface area (Å²) in [6.45, 7) is 4.40. The number of hydrogen-bond donors (Lipinski definition) is 1. The van der Waals surface area contributed by atoms with Crippen molar-refractivity contribution >= 4 is 73.9 Å². The highest BCUT2D eigenvalue weighted by molar-refractivity contribution is 7.92. The Morgan fingerprint density at radius 1 is 0.846 bits per heavy atom. The average Bonchev–Trinajstić information content (AvgIpc) is 2.88. The summed E-state index contributed by atoms with van der Waals surface area (Å²) >= 11 is 25.0. The number of hydrogen-bond acceptors (Lipinski definition) is 4. The second-order valence-corrected chi connectivity index (χ2v) is 12.6. The van der Waals surface area contributed by atoms with Gasteiger partial charge in [0.05, 0.1) is 15.6 Å². The van der Waals surface area contributed by atoms with Crippen molar-refractivity contribution in [3.05, 3.63) is 92.4 Å². The molecule has 0 aliphatic heterocycles. The standard InChI is InChI=1S/C27H27Cl4N3O4S/c1-17(2)32-27(36)18(3)33(15-19-9-10-20(28)13-24(19)31)26(35)16-34(25-14-21(29)11-12-23(25)30)39(37,38)22-7-5-4-6-8-22/h4-14,17-18H,15-16H2,1-3H3,(H,32,36). The van der Waals surface area contributed by atoms with Crippen LogP contribution in [0.2, 0.25) is 20.1 Å². The largest absolute Gasteiger partial charge is 0.352 e. The normalized spacial score (nSPS) is 12.2. The highest BCUT2D eigenvalue weighted by atomic mass is 35.5. The number of amides is 2. The topological polar surface area (TPSA) is 86.8 Å². The van der Waals surface area contributed by atoms with Crippen LogP contribution in [0.3, 0.4) is 0 Å². The Balaban J connectivity index is 2.08. The third-order valence-corrected chi connectivity index (χ3v) is 8.66. The van der Waals surface area contributed by atoms with Gasteiger partial charge in [-0.05, 0) is 68.8 Å². The number of sulfonamides is 1. The smallest absolute Gasteiger partial charge is 0.264 e. The lowest BCUT2D eigenvalue weighted by molar-refractivity contribution is -0.139. The highest BCUT2D eigenvalue weighted by Gasteiger charge is 2.33. The summed E-state index contributed by atoms with van der Waals surface area (Å²) in [5.41, 5.74) is 0.544. The van der Waals surface area contributed by atoms with E-state index in [9.17, 15) is 18.0 Å². The van der Waals surface area contributed by atoms with Gasteiger partial charge in [0.25, 0.3) is 10.0 Å². The Kier molecular flexibility index (Phi) is 10.5. The van der Waals surface area contributed by atoms with Crippen molar-refractivity contribution in [3.63, 3.8) is 0 Å². The molecule has 7 nitrogen and oxygen atoms in total. The first-order valence-corrected chi connectivity index (χ1v) is 14.8. The molecule has 3 aromatic rings. The first-order chi connectivity index (χ1) is 18.3. The lowest BCUT2D eigenvalue weighted by Crippen LogP contribution is -2.52. The number of nitrogens with zero attached hydrogens (tertiary/aromatic N) is 2. The molecule has 39 heavy (non-hydrogen) atoms. The Morgan fingerprint density at radius 2 is 1.46 bits per heavy atom. The number of carbonyl (C=O) groups excluding carboxylic acids is 2. The van der Waals surface area contributed by atoms with Gasteiger partial charge in [0.2, 0.25) is 11.8 Å². The van der Waals surface area contributed by atoms with Gasteiger partial charge >= 0.3 is 0 Å². The number of benzene rings is 3. The summed E-state index contributed by atoms with van der Waals surface area (Å²) in [7, 11) is -4.27. The van der Waals surface area contributed by atoms with Crippen molar-refractivity contribution in [1.82, 2.24) is 10.2 Å². The lowest BCUT2D eigenvalue weighted by Gasteiger charge is -2.32. The van der Waals surface area contributed by atoms with Crippen molar-refractivity contribution in [3.8, 4) is 0 Å². The third-order valence-electron chi connectivity index (χ3n) is 5.74. The molecule has 1 atom stereocenters. The van der Waals surface area contributed by atoms with E-state index in [4.69, 9.17) is 46.4 Å². The van der Waals surface area contributed by atoms with Crippen LogP contribution in [0.1, 0.15) is 26.3 Å². The minimum Gasteiger partial charge on any atom is -0.352 e. The Hall–Kier alpha value is -2.49. The van der Waals surface area contributed by atoms with Crippen LogP contribution in [0.4, 0.5) is 5.69 Å². The molecule has 0 saturated heterocycles. The van der Waals surface area contributed by atoms with Crippen LogP contribution in [-0.2, 0) is 26.2 Å². The van der Waals surface area contributed by atoms with E-state index in [2.05, 4.69) is 5.32 Å². The Labute approximate surface area is 248 Å². The summed E-state index contributed by atoms with van der Waals surface area (Å²) in [6.07, 6.45) is 0. The van der Waals surface area contributed by atoms with Crippen molar-refractivity contribution in [1.29, 1.82) is 0 Å². The Bertz CT molecular complexity index is 1450. The molecule has 0 bridgehead atoms. The van der Waals surface area contributed by atoms with Crippen LogP contribution in [0.5, 0.6) is 0 Å². The van der Waals surface area contributed by atoms with Crippen LogP contribution in [0.25, 0.3) is 0 Å². The summed E-state index contributed by atoms with van der Waals surface area (Å²) in [4.78, 5) is 28.1. The van der Waals surface area contributed by atoms with Gasteiger partial charge in [0.1, 0.15) is 12.6 Å². The summed E-state index contributed by atoms with van der Waals surface area (Å²) < 4.78 is 28.5. The van der Waals surface area contributed by atoms with Gasteiger partial charge in [-0.1, -0.05) is 70.7 Å². The Morgan fingerprint density at radius 3 is 2.08 bits per heavy atom. The maximum Gasteiger partial charge on any atom is 0.264 e. The third kappa shape index (κ3) is 7.80. The molecule has 12 heteroatoms. The quantitative estimate of drug-likeness (QED) is 0.279. The van der Waals surface area contributed by atoms with E-state index in [1.807, 2.05) is 0 Å². The monoisotopic (exact) mass is 629 g/mol. The van der Waals surface area contributed by atoms with Gasteiger partial charge in [0, 0.05) is 27.7 Å². The van der Waals surface area contributed by atoms with Crippen molar-refractivity contribution in [2.75, 3.05) is 10.8 Å². The summed E-state index contributed by atoms with van der Waals surface area (Å²) in [5.74, 6) is -1.08. The number of rotatable bonds is 10. The second kappa shape index (κ2) is 13.2. The first-order valence-electron chi connectivity index (χ1n) is 11.9. The number of halogens is 4. The molecular formula is C27H27Cl4N3O4S. The lowest BCUT2D eigenvalue weighted by atomic mass is 10.1. The molecule has 0 aliphatic rings. The molecule has 0 heterocycles. The van der Waals surface area contributed by atoms with Crippen molar-refractivity contribution in [2.45, 2.75) is 44.3 Å². The fourth-order valence-electron chi connectivity index (χ4n) is 3.73. The van der Waals surface area contributed by atoms with Gasteiger partial charge in [0.15, 0.2) is 0 Å². The maximum atomic E-state index is 13.9. The van der Waals surface area contributed by atoms with E-state index < -0.39 is 34.4 Å². The van der Waals surface area contributed by atoms with Crippen molar-refractivity contribution in [2.24, 2.45) is 0 Å². The molecule has 1 N–H and O–H groups in total. The molecule has 0 aliphatic carbocycles. The van der Waals surface area contributed by atoms with Gasteiger partial charge < -0.3 is 10.2 Å². The van der Waals surface area contributed by atoms with E-state index in [0.29, 0.717) is 15.6 Å². The number of anilines is 1. The number of carbonyl (C=O) groups is 2. The van der Waals surface area contributed by atoms with Crippen molar-refractivity contribution < 1.29 is 18.0 Å². The fraction of sp³-hybridized carbons (Fsp3) is 0.259. The van der Waals surface area contributed by atoms with Gasteiger partial charge in [-0.3, -0.25) is 13.9 Å². The van der Waals surface area contributed by atoms with E-state index in [1.165, 1.54) is 41.3 Å². The van der Waals surface area contributed by atoms with E-state index >= 15 is 0 Å². The van der Waals surface area contributed by atoms with Crippen LogP contribution >= 0.6 is 46.4 Å². The predicted molar refractivity (Wildman–Crippen MR) is 157 cm³/mol. The molecule has 0 spiro atoms. The van der Waals surface area contributed by atoms with Gasteiger partial charge in [-0.15, -0.1) is 0 Å². The molecule has 208 valence electrons. The second-order valence-electron chi connectivity index (χ2n) is 9.02. The SMILES string of the molecule is CC(C)NC(=O)C(C)N(Cc1ccc(Cl)cc1Cl)C(=O)CN(c1cc(Cl)ccc1Cl)S(=O)(=O)c1ccccc1. The van der Waals surface area contributed by atoms with E-state index in [1.54, 1.807) is 51.1 Å². The molecular weight excluding hydrogens is 604 g/mol. The molecule has 3 aromatic carbocycles. The zero-order valence-corrected chi connectivity index (χ0v) is 25.2. The molecule has 3 rings (SSSR count). The van der Waals surface area contributed by atoms with Gasteiger partial charge in [-0.25, -0.2) is 8.42 Å². The van der Waals surface area contributed by atoms with E-state index in [-0.39, 0.29) is 33.2 Å². The molecule has 0 fully saturated rings. The van der Waals surface area contributed by atoms with Crippen LogP contribution < -0.4 is 9.62 Å². The van der Waals surface area contributed by atoms with Crippen LogP contribution in [-0.4, -0.2) is 43.8 Å². The zero-order chi connectivity index (χ0) is 28.9. The minimum atomic E-state index is -4.27. The molecule has 0 radical (unpaired) electrons. The highest BCUT2D eigenvalue weighted by Crippen LogP contribution is 2.33. The minimum absolute atomic E-state index is 0.0186. The maximum absolute atomic E-state index is 13.9. The summed E-state index contributed by atoms with van der Waals surface area (Å²) in [6, 6.07) is 15.6. The van der Waals surface area contributed by atoms with Crippen LogP contribution in [0, 0.1) is 0 Å². The van der Waals surface area contributed by atoms with E-state index in [0.717, 1.165) is 4.31 Å². The van der Waals surface area contributed by atoms with Crippen LogP contribution in [0.15, 0.2) is 71.6 Å². The average molecular weight is 631 g/mol. The molecule has 0 saturated carbocycles. The molecule has 2 amide bonds. The fourth-order valence-corrected chi connectivity index (χ4v) is 6.08. The summed E-state index contributed by atoms with van der Waals surface area (Å²) in [5, 5.41) is 3.79. The first kappa shape index (κ1) is 31.0. The van der Waals surface area contributed by atoms with Gasteiger partial charge in [-0.2, -0.15) is 0 Å². The number of nitrogens with one attached hydrogen (secondary N) is 1.